The molecule has 0 saturated heterocycles. The van der Waals surface area contributed by atoms with Crippen molar-refractivity contribution in [1.29, 1.82) is 0 Å². The van der Waals surface area contributed by atoms with Crippen molar-refractivity contribution in [2.75, 3.05) is 17.7 Å². The molecular formula is C24H24N4OS. The predicted molar refractivity (Wildman–Crippen MR) is 124 cm³/mol. The van der Waals surface area contributed by atoms with E-state index in [2.05, 4.69) is 39.3 Å². The van der Waals surface area contributed by atoms with Crippen LogP contribution in [-0.4, -0.2) is 27.3 Å². The van der Waals surface area contributed by atoms with Gasteiger partial charge in [0.15, 0.2) is 0 Å². The molecule has 1 N–H and O–H groups in total. The molecule has 6 heteroatoms. The Bertz CT molecular complexity index is 1100. The van der Waals surface area contributed by atoms with Gasteiger partial charge in [-0.1, -0.05) is 18.2 Å². The summed E-state index contributed by atoms with van der Waals surface area (Å²) < 4.78 is 6.01. The Hall–Kier alpha value is -3.12. The van der Waals surface area contributed by atoms with E-state index in [-0.39, 0.29) is 0 Å². The van der Waals surface area contributed by atoms with Crippen molar-refractivity contribution in [3.05, 3.63) is 90.1 Å². The maximum absolute atomic E-state index is 6.01. The van der Waals surface area contributed by atoms with Crippen LogP contribution in [0.3, 0.4) is 0 Å². The van der Waals surface area contributed by atoms with Crippen LogP contribution in [0.25, 0.3) is 10.9 Å². The van der Waals surface area contributed by atoms with Crippen LogP contribution in [0.2, 0.25) is 0 Å². The Labute approximate surface area is 180 Å². The van der Waals surface area contributed by atoms with Crippen LogP contribution < -0.4 is 10.1 Å². The number of anilines is 1. The number of rotatable bonds is 9. The maximum Gasteiger partial charge on any atom is 0.125 e. The van der Waals surface area contributed by atoms with Crippen LogP contribution in [0.15, 0.2) is 73.3 Å². The highest BCUT2D eigenvalue weighted by Crippen LogP contribution is 2.22. The van der Waals surface area contributed by atoms with Crippen molar-refractivity contribution < 1.29 is 4.74 Å². The lowest BCUT2D eigenvalue weighted by atomic mass is 10.2. The number of pyridine rings is 3. The molecule has 1 aromatic carbocycles. The van der Waals surface area contributed by atoms with Gasteiger partial charge in [0.2, 0.25) is 0 Å². The van der Waals surface area contributed by atoms with Gasteiger partial charge in [-0.25, -0.2) is 0 Å². The number of hydrogen-bond donors (Lipinski definition) is 1. The number of para-hydroxylation sites is 1. The number of thioether (sulfide) groups is 1. The minimum atomic E-state index is 0.625. The third-order valence-corrected chi connectivity index (χ3v) is 5.81. The standard InChI is InChI=1S/C24H24N4OS/c1-18-23(16-27-21-14-20-4-2-3-5-22(20)28-15-21)26-11-8-24(18)29-12-13-30-17-19-6-9-25-10-7-19/h2-11,14-15,27H,12-13,16-17H2,1H3. The third kappa shape index (κ3) is 5.27. The number of aromatic nitrogens is 3. The van der Waals surface area contributed by atoms with Crippen molar-refractivity contribution in [3.8, 4) is 5.75 Å². The molecule has 5 nitrogen and oxygen atoms in total. The van der Waals surface area contributed by atoms with Gasteiger partial charge in [0, 0.05) is 41.0 Å². The van der Waals surface area contributed by atoms with E-state index in [1.807, 2.05) is 72.9 Å². The van der Waals surface area contributed by atoms with Gasteiger partial charge in [0.25, 0.3) is 0 Å². The van der Waals surface area contributed by atoms with Crippen LogP contribution in [-0.2, 0) is 12.3 Å². The van der Waals surface area contributed by atoms with Gasteiger partial charge < -0.3 is 10.1 Å². The lowest BCUT2D eigenvalue weighted by molar-refractivity contribution is 0.340. The summed E-state index contributed by atoms with van der Waals surface area (Å²) in [6.45, 7) is 3.35. The first-order chi connectivity index (χ1) is 14.8. The van der Waals surface area contributed by atoms with Crippen molar-refractivity contribution in [1.82, 2.24) is 15.0 Å². The van der Waals surface area contributed by atoms with Gasteiger partial charge in [-0.2, -0.15) is 11.8 Å². The van der Waals surface area contributed by atoms with Crippen LogP contribution >= 0.6 is 11.8 Å². The summed E-state index contributed by atoms with van der Waals surface area (Å²) in [5.74, 6) is 2.79. The smallest absolute Gasteiger partial charge is 0.125 e. The van der Waals surface area contributed by atoms with Crippen LogP contribution in [0, 0.1) is 6.92 Å². The molecule has 4 rings (SSSR count). The minimum Gasteiger partial charge on any atom is -0.492 e. The molecule has 0 radical (unpaired) electrons. The van der Waals surface area contributed by atoms with E-state index in [9.17, 15) is 0 Å². The molecular weight excluding hydrogens is 392 g/mol. The molecule has 30 heavy (non-hydrogen) atoms. The molecule has 0 saturated carbocycles. The summed E-state index contributed by atoms with van der Waals surface area (Å²) in [5, 5.41) is 4.54. The normalized spacial score (nSPS) is 10.8. The van der Waals surface area contributed by atoms with Gasteiger partial charge in [-0.15, -0.1) is 0 Å². The maximum atomic E-state index is 6.01. The highest BCUT2D eigenvalue weighted by atomic mass is 32.2. The summed E-state index contributed by atoms with van der Waals surface area (Å²) in [5.41, 5.74) is 5.30. The summed E-state index contributed by atoms with van der Waals surface area (Å²) in [6.07, 6.45) is 7.33. The Kier molecular flexibility index (Phi) is 6.77. The first-order valence-electron chi connectivity index (χ1n) is 9.92. The predicted octanol–water partition coefficient (Wildman–Crippen LogP) is 5.26. The van der Waals surface area contributed by atoms with E-state index in [1.165, 1.54) is 5.56 Å². The fourth-order valence-corrected chi connectivity index (χ4v) is 3.90. The van der Waals surface area contributed by atoms with Crippen LogP contribution in [0.4, 0.5) is 5.69 Å². The van der Waals surface area contributed by atoms with Gasteiger partial charge in [-0.05, 0) is 42.8 Å². The number of benzene rings is 1. The first-order valence-corrected chi connectivity index (χ1v) is 11.1. The van der Waals surface area contributed by atoms with E-state index >= 15 is 0 Å². The molecule has 0 unspecified atom stereocenters. The van der Waals surface area contributed by atoms with Crippen molar-refractivity contribution in [2.24, 2.45) is 0 Å². The molecule has 0 aliphatic rings. The number of hydrogen-bond acceptors (Lipinski definition) is 6. The second-order valence-electron chi connectivity index (χ2n) is 6.91. The zero-order chi connectivity index (χ0) is 20.6. The quantitative estimate of drug-likeness (QED) is 0.376. The molecule has 0 aliphatic heterocycles. The van der Waals surface area contributed by atoms with E-state index in [4.69, 9.17) is 4.74 Å². The third-order valence-electron chi connectivity index (χ3n) is 4.81. The molecule has 0 spiro atoms. The molecule has 4 aromatic rings. The number of ether oxygens (including phenoxy) is 1. The zero-order valence-electron chi connectivity index (χ0n) is 16.9. The average molecular weight is 417 g/mol. The molecule has 152 valence electrons. The summed E-state index contributed by atoms with van der Waals surface area (Å²) >= 11 is 1.86. The molecule has 3 aromatic heterocycles. The van der Waals surface area contributed by atoms with E-state index in [0.717, 1.165) is 45.1 Å². The van der Waals surface area contributed by atoms with E-state index in [0.29, 0.717) is 13.2 Å². The molecule has 0 amide bonds. The van der Waals surface area contributed by atoms with Crippen molar-refractivity contribution in [3.63, 3.8) is 0 Å². The largest absolute Gasteiger partial charge is 0.492 e. The monoisotopic (exact) mass is 416 g/mol. The summed E-state index contributed by atoms with van der Waals surface area (Å²) in [7, 11) is 0. The zero-order valence-corrected chi connectivity index (χ0v) is 17.7. The Morgan fingerprint density at radius 1 is 1.00 bits per heavy atom. The highest BCUT2D eigenvalue weighted by molar-refractivity contribution is 7.98. The van der Waals surface area contributed by atoms with Gasteiger partial charge in [-0.3, -0.25) is 15.0 Å². The molecule has 0 aliphatic carbocycles. The van der Waals surface area contributed by atoms with Crippen LogP contribution in [0.1, 0.15) is 16.8 Å². The van der Waals surface area contributed by atoms with Gasteiger partial charge >= 0.3 is 0 Å². The Morgan fingerprint density at radius 3 is 2.77 bits per heavy atom. The Morgan fingerprint density at radius 2 is 1.87 bits per heavy atom. The minimum absolute atomic E-state index is 0.625. The van der Waals surface area contributed by atoms with Crippen molar-refractivity contribution >= 4 is 28.4 Å². The number of nitrogens with one attached hydrogen (secondary N) is 1. The first kappa shape index (κ1) is 20.2. The second-order valence-corrected chi connectivity index (χ2v) is 8.01. The highest BCUT2D eigenvalue weighted by Gasteiger charge is 2.07. The lowest BCUT2D eigenvalue weighted by Gasteiger charge is -2.13. The van der Waals surface area contributed by atoms with E-state index in [1.54, 1.807) is 0 Å². The number of fused-ring (bicyclic) bond motifs is 1. The average Bonchev–Trinajstić information content (AvgIpc) is 2.79. The number of nitrogens with zero attached hydrogens (tertiary/aromatic N) is 3. The van der Waals surface area contributed by atoms with Crippen LogP contribution in [0.5, 0.6) is 5.75 Å². The Balaban J connectivity index is 1.29. The fraction of sp³-hybridized carbons (Fsp3) is 0.208. The van der Waals surface area contributed by atoms with E-state index < -0.39 is 0 Å². The molecule has 0 fully saturated rings. The SMILES string of the molecule is Cc1c(OCCSCc2ccncc2)ccnc1CNc1cnc2ccccc2c1. The molecule has 0 atom stereocenters. The lowest BCUT2D eigenvalue weighted by Crippen LogP contribution is -2.07. The molecule has 0 bridgehead atoms. The summed E-state index contributed by atoms with van der Waals surface area (Å²) in [4.78, 5) is 13.1. The van der Waals surface area contributed by atoms with Crippen molar-refractivity contribution in [2.45, 2.75) is 19.2 Å². The molecule has 3 heterocycles. The van der Waals surface area contributed by atoms with Gasteiger partial charge in [0.05, 0.1) is 36.2 Å². The van der Waals surface area contributed by atoms with Gasteiger partial charge in [0.1, 0.15) is 5.75 Å². The fourth-order valence-electron chi connectivity index (χ4n) is 3.13. The second kappa shape index (κ2) is 10.1. The topological polar surface area (TPSA) is 59.9 Å². The summed E-state index contributed by atoms with van der Waals surface area (Å²) in [6, 6.07) is 16.2.